The van der Waals surface area contributed by atoms with Crippen LogP contribution in [-0.4, -0.2) is 55.9 Å². The Morgan fingerprint density at radius 2 is 2.05 bits per heavy atom. The second-order valence-corrected chi connectivity index (χ2v) is 7.65. The van der Waals surface area contributed by atoms with Crippen LogP contribution in [0.15, 0.2) is 0 Å². The highest BCUT2D eigenvalue weighted by Gasteiger charge is 2.28. The van der Waals surface area contributed by atoms with Gasteiger partial charge in [-0.25, -0.2) is 8.42 Å². The molecule has 0 bridgehead atoms. The molecule has 2 atom stereocenters. The average molecular weight is 290 g/mol. The molecular weight excluding hydrogens is 264 g/mol. The molecule has 0 aromatic heterocycles. The van der Waals surface area contributed by atoms with Crippen LogP contribution in [-0.2, 0) is 14.6 Å². The van der Waals surface area contributed by atoms with Crippen LogP contribution in [0.5, 0.6) is 0 Å². The lowest BCUT2D eigenvalue weighted by atomic mass is 10.0. The number of hydrogen-bond acceptors (Lipinski definition) is 4. The Morgan fingerprint density at radius 3 is 2.63 bits per heavy atom. The number of nitrogens with zero attached hydrogens (tertiary/aromatic N) is 1. The van der Waals surface area contributed by atoms with Gasteiger partial charge in [0.2, 0.25) is 5.91 Å². The van der Waals surface area contributed by atoms with Gasteiger partial charge in [0.05, 0.1) is 11.8 Å². The zero-order valence-corrected chi connectivity index (χ0v) is 13.0. The number of carbonyl (C=O) groups excluding carboxylic acids is 1. The molecule has 0 radical (unpaired) electrons. The molecule has 19 heavy (non-hydrogen) atoms. The van der Waals surface area contributed by atoms with Crippen LogP contribution < -0.4 is 5.32 Å². The van der Waals surface area contributed by atoms with Gasteiger partial charge < -0.3 is 5.32 Å². The highest BCUT2D eigenvalue weighted by Crippen LogP contribution is 2.16. The smallest absolute Gasteiger partial charge is 0.237 e. The summed E-state index contributed by atoms with van der Waals surface area (Å²) < 4.78 is 23.1. The van der Waals surface area contributed by atoms with E-state index in [1.165, 1.54) is 0 Å². The number of carbonyl (C=O) groups is 1. The van der Waals surface area contributed by atoms with E-state index in [2.05, 4.69) is 17.1 Å². The van der Waals surface area contributed by atoms with Crippen molar-refractivity contribution in [2.75, 3.05) is 24.6 Å². The Labute approximate surface area is 116 Å². The first-order chi connectivity index (χ1) is 8.89. The van der Waals surface area contributed by atoms with Gasteiger partial charge in [0, 0.05) is 11.8 Å². The molecule has 1 saturated heterocycles. The zero-order chi connectivity index (χ0) is 14.5. The van der Waals surface area contributed by atoms with Crippen molar-refractivity contribution in [3.63, 3.8) is 0 Å². The molecule has 5 nitrogen and oxygen atoms in total. The van der Waals surface area contributed by atoms with Crippen molar-refractivity contribution in [1.82, 2.24) is 10.2 Å². The fraction of sp³-hybridized carbons (Fsp3) is 0.923. The summed E-state index contributed by atoms with van der Waals surface area (Å²) in [5.74, 6) is 0.117. The van der Waals surface area contributed by atoms with Crippen LogP contribution in [0, 0.1) is 0 Å². The number of amides is 1. The van der Waals surface area contributed by atoms with E-state index in [0.29, 0.717) is 0 Å². The maximum absolute atomic E-state index is 12.2. The third kappa shape index (κ3) is 5.10. The van der Waals surface area contributed by atoms with Gasteiger partial charge in [0.15, 0.2) is 9.84 Å². The number of nitrogens with one attached hydrogen (secondary N) is 1. The van der Waals surface area contributed by atoms with Gasteiger partial charge in [-0.05, 0) is 32.9 Å². The van der Waals surface area contributed by atoms with E-state index in [9.17, 15) is 13.2 Å². The summed E-state index contributed by atoms with van der Waals surface area (Å²) >= 11 is 0. The van der Waals surface area contributed by atoms with Crippen LogP contribution >= 0.6 is 0 Å². The number of likely N-dealkylation sites (N-methyl/N-ethyl adjacent to an activating group) is 1. The van der Waals surface area contributed by atoms with Crippen molar-refractivity contribution >= 4 is 15.7 Å². The van der Waals surface area contributed by atoms with Gasteiger partial charge in [-0.3, -0.25) is 9.69 Å². The van der Waals surface area contributed by atoms with E-state index in [1.54, 1.807) is 13.8 Å². The molecular formula is C13H26N2O3S. The Bertz CT molecular complexity index is 395. The first-order valence-electron chi connectivity index (χ1n) is 7.14. The highest BCUT2D eigenvalue weighted by atomic mass is 32.2. The van der Waals surface area contributed by atoms with Crippen molar-refractivity contribution in [2.24, 2.45) is 0 Å². The topological polar surface area (TPSA) is 66.5 Å². The molecule has 0 spiro atoms. The predicted molar refractivity (Wildman–Crippen MR) is 76.8 cm³/mol. The summed E-state index contributed by atoms with van der Waals surface area (Å²) in [4.78, 5) is 14.4. The minimum atomic E-state index is -3.04. The average Bonchev–Trinajstić information content (AvgIpc) is 2.37. The van der Waals surface area contributed by atoms with Gasteiger partial charge >= 0.3 is 0 Å². The Kier molecular flexibility index (Phi) is 6.26. The highest BCUT2D eigenvalue weighted by molar-refractivity contribution is 7.91. The third-order valence-corrected chi connectivity index (χ3v) is 5.54. The number of rotatable bonds is 6. The van der Waals surface area contributed by atoms with Gasteiger partial charge in [-0.2, -0.15) is 0 Å². The standard InChI is InChI=1S/C13H26N2O3S/c1-4-15-9-7-6-8-12(15)13(16)14-11(3)10-19(17,18)5-2/h11-12H,4-10H2,1-3H3,(H,14,16). The van der Waals surface area contributed by atoms with E-state index in [0.717, 1.165) is 32.4 Å². The summed E-state index contributed by atoms with van der Waals surface area (Å²) in [7, 11) is -3.04. The number of piperidine rings is 1. The molecule has 1 amide bonds. The van der Waals surface area contributed by atoms with E-state index in [1.807, 2.05) is 0 Å². The fourth-order valence-electron chi connectivity index (χ4n) is 2.55. The second kappa shape index (κ2) is 7.24. The second-order valence-electron chi connectivity index (χ2n) is 5.25. The molecule has 1 N–H and O–H groups in total. The van der Waals surface area contributed by atoms with E-state index < -0.39 is 9.84 Å². The first-order valence-corrected chi connectivity index (χ1v) is 8.96. The van der Waals surface area contributed by atoms with Gasteiger partial charge in [0.25, 0.3) is 0 Å². The van der Waals surface area contributed by atoms with Crippen LogP contribution in [0.2, 0.25) is 0 Å². The van der Waals surface area contributed by atoms with E-state index >= 15 is 0 Å². The number of sulfone groups is 1. The maximum atomic E-state index is 12.2. The Balaban J connectivity index is 2.53. The Morgan fingerprint density at radius 1 is 1.37 bits per heavy atom. The third-order valence-electron chi connectivity index (χ3n) is 3.65. The lowest BCUT2D eigenvalue weighted by Gasteiger charge is -2.34. The molecule has 0 aliphatic carbocycles. The largest absolute Gasteiger partial charge is 0.351 e. The zero-order valence-electron chi connectivity index (χ0n) is 12.2. The van der Waals surface area contributed by atoms with Crippen LogP contribution in [0.4, 0.5) is 0 Å². The summed E-state index contributed by atoms with van der Waals surface area (Å²) in [6, 6.07) is -0.413. The summed E-state index contributed by atoms with van der Waals surface area (Å²) in [6.07, 6.45) is 3.07. The maximum Gasteiger partial charge on any atom is 0.237 e. The molecule has 2 unspecified atom stereocenters. The van der Waals surface area contributed by atoms with Crippen molar-refractivity contribution in [3.8, 4) is 0 Å². The molecule has 6 heteroatoms. The molecule has 0 saturated carbocycles. The van der Waals surface area contributed by atoms with Crippen LogP contribution in [0.1, 0.15) is 40.0 Å². The molecule has 1 heterocycles. The minimum absolute atomic E-state index is 0.0219. The number of likely N-dealkylation sites (tertiary alicyclic amines) is 1. The molecule has 1 fully saturated rings. The summed E-state index contributed by atoms with van der Waals surface area (Å²) in [5, 5.41) is 2.84. The lowest BCUT2D eigenvalue weighted by molar-refractivity contribution is -0.128. The summed E-state index contributed by atoms with van der Waals surface area (Å²) in [5.41, 5.74) is 0. The lowest BCUT2D eigenvalue weighted by Crippen LogP contribution is -2.52. The van der Waals surface area contributed by atoms with Gasteiger partial charge in [0.1, 0.15) is 0 Å². The minimum Gasteiger partial charge on any atom is -0.351 e. The van der Waals surface area contributed by atoms with Crippen molar-refractivity contribution in [2.45, 2.75) is 52.1 Å². The van der Waals surface area contributed by atoms with Gasteiger partial charge in [-0.15, -0.1) is 0 Å². The molecule has 0 aromatic carbocycles. The first kappa shape index (κ1) is 16.4. The monoisotopic (exact) mass is 290 g/mol. The van der Waals surface area contributed by atoms with Crippen molar-refractivity contribution < 1.29 is 13.2 Å². The predicted octanol–water partition coefficient (Wildman–Crippen LogP) is 0.800. The van der Waals surface area contributed by atoms with Crippen LogP contribution in [0.25, 0.3) is 0 Å². The normalized spacial score (nSPS) is 23.0. The fourth-order valence-corrected chi connectivity index (χ4v) is 3.63. The summed E-state index contributed by atoms with van der Waals surface area (Å²) in [6.45, 7) is 7.25. The van der Waals surface area contributed by atoms with E-state index in [-0.39, 0.29) is 29.5 Å². The van der Waals surface area contributed by atoms with Crippen molar-refractivity contribution in [1.29, 1.82) is 0 Å². The molecule has 1 aliphatic rings. The van der Waals surface area contributed by atoms with Gasteiger partial charge in [-0.1, -0.05) is 20.3 Å². The number of hydrogen-bond donors (Lipinski definition) is 1. The Hall–Kier alpha value is -0.620. The molecule has 1 rings (SSSR count). The van der Waals surface area contributed by atoms with Crippen molar-refractivity contribution in [3.05, 3.63) is 0 Å². The van der Waals surface area contributed by atoms with Crippen LogP contribution in [0.3, 0.4) is 0 Å². The van der Waals surface area contributed by atoms with E-state index in [4.69, 9.17) is 0 Å². The SMILES string of the molecule is CCN1CCCCC1C(=O)NC(C)CS(=O)(=O)CC. The molecule has 1 aliphatic heterocycles. The molecule has 0 aromatic rings. The quantitative estimate of drug-likeness (QED) is 0.786. The molecule has 112 valence electrons.